The van der Waals surface area contributed by atoms with Gasteiger partial charge in [-0.3, -0.25) is 13.9 Å². The molecule has 0 fully saturated rings. The highest BCUT2D eigenvalue weighted by molar-refractivity contribution is 7.92. The zero-order valence-corrected chi connectivity index (χ0v) is 25.1. The van der Waals surface area contributed by atoms with Crippen molar-refractivity contribution in [1.82, 2.24) is 10.2 Å². The van der Waals surface area contributed by atoms with Gasteiger partial charge < -0.3 is 15.0 Å². The molecule has 3 aromatic rings. The van der Waals surface area contributed by atoms with Gasteiger partial charge in [0.15, 0.2) is 0 Å². The predicted molar refractivity (Wildman–Crippen MR) is 159 cm³/mol. The molecule has 0 spiro atoms. The average molecular weight is 607 g/mol. The molecule has 1 N–H and O–H groups in total. The fraction of sp³-hybridized carbons (Fsp3) is 0.310. The number of rotatable bonds is 12. The van der Waals surface area contributed by atoms with E-state index in [0.717, 1.165) is 10.6 Å². The summed E-state index contributed by atoms with van der Waals surface area (Å²) in [5.74, 6) is 0.355. The van der Waals surface area contributed by atoms with Gasteiger partial charge in [0.1, 0.15) is 24.1 Å². The quantitative estimate of drug-likeness (QED) is 0.284. The van der Waals surface area contributed by atoms with Crippen molar-refractivity contribution >= 4 is 50.7 Å². The molecule has 0 saturated heterocycles. The van der Waals surface area contributed by atoms with E-state index in [1.807, 2.05) is 32.0 Å². The van der Waals surface area contributed by atoms with E-state index in [2.05, 4.69) is 5.32 Å². The van der Waals surface area contributed by atoms with Gasteiger partial charge in [-0.1, -0.05) is 61.3 Å². The molecule has 0 aliphatic carbocycles. The van der Waals surface area contributed by atoms with Crippen LogP contribution in [0.5, 0.6) is 11.5 Å². The lowest BCUT2D eigenvalue weighted by molar-refractivity contribution is -0.139. The number of hydrogen-bond acceptors (Lipinski definition) is 5. The summed E-state index contributed by atoms with van der Waals surface area (Å²) < 4.78 is 32.4. The number of ether oxygens (including phenoxy) is 1. The van der Waals surface area contributed by atoms with Crippen LogP contribution in [0.1, 0.15) is 26.3 Å². The first-order valence-electron chi connectivity index (χ1n) is 12.7. The second-order valence-corrected chi connectivity index (χ2v) is 12.4. The van der Waals surface area contributed by atoms with Gasteiger partial charge >= 0.3 is 0 Å². The SMILES string of the molecule is CC(C)CNC(=O)C(C)N(Cc1c(Cl)cccc1Cl)C(=O)CN(c1ccc(Oc2ccccc2)cc1)S(C)(=O)=O. The van der Waals surface area contributed by atoms with Gasteiger partial charge in [0.25, 0.3) is 0 Å². The predicted octanol–water partition coefficient (Wildman–Crippen LogP) is 5.74. The van der Waals surface area contributed by atoms with Crippen LogP contribution in [0.2, 0.25) is 10.0 Å². The van der Waals surface area contributed by atoms with Gasteiger partial charge in [0.05, 0.1) is 11.9 Å². The highest BCUT2D eigenvalue weighted by Gasteiger charge is 2.31. The number of carbonyl (C=O) groups is 2. The van der Waals surface area contributed by atoms with Crippen LogP contribution in [-0.4, -0.2) is 50.5 Å². The standard InChI is InChI=1S/C29H33Cl2N3O5S/c1-20(2)17-32-29(36)21(3)33(18-25-26(30)11-8-12-27(25)31)28(35)19-34(40(4,37)38)22-13-15-24(16-14-22)39-23-9-6-5-7-10-23/h5-16,20-21H,17-19H2,1-4H3,(H,32,36). The fourth-order valence-corrected chi connectivity index (χ4v) is 5.17. The van der Waals surface area contributed by atoms with Crippen molar-refractivity contribution in [3.05, 3.63) is 88.4 Å². The van der Waals surface area contributed by atoms with Crippen LogP contribution in [0.15, 0.2) is 72.8 Å². The number of para-hydroxylation sites is 1. The molecular weight excluding hydrogens is 573 g/mol. The zero-order chi connectivity index (χ0) is 29.4. The Labute approximate surface area is 245 Å². The van der Waals surface area contributed by atoms with Gasteiger partial charge in [0.2, 0.25) is 21.8 Å². The van der Waals surface area contributed by atoms with Gasteiger partial charge in [-0.25, -0.2) is 8.42 Å². The molecule has 0 heterocycles. The lowest BCUT2D eigenvalue weighted by Crippen LogP contribution is -2.51. The Balaban J connectivity index is 1.89. The number of anilines is 1. The van der Waals surface area contributed by atoms with Crippen molar-refractivity contribution < 1.29 is 22.7 Å². The minimum Gasteiger partial charge on any atom is -0.457 e. The van der Waals surface area contributed by atoms with Gasteiger partial charge in [-0.15, -0.1) is 0 Å². The second kappa shape index (κ2) is 13.9. The number of carbonyl (C=O) groups excluding carboxylic acids is 2. The topological polar surface area (TPSA) is 96.0 Å². The Morgan fingerprint density at radius 3 is 2.00 bits per heavy atom. The Morgan fingerprint density at radius 2 is 1.45 bits per heavy atom. The summed E-state index contributed by atoms with van der Waals surface area (Å²) >= 11 is 12.7. The van der Waals surface area contributed by atoms with Crippen molar-refractivity contribution in [3.63, 3.8) is 0 Å². The normalized spacial score (nSPS) is 12.1. The molecule has 0 aliphatic rings. The molecule has 1 atom stereocenters. The summed E-state index contributed by atoms with van der Waals surface area (Å²) in [7, 11) is -3.88. The summed E-state index contributed by atoms with van der Waals surface area (Å²) in [6, 6.07) is 19.5. The monoisotopic (exact) mass is 605 g/mol. The Kier molecular flexibility index (Phi) is 10.8. The molecule has 0 bridgehead atoms. The summed E-state index contributed by atoms with van der Waals surface area (Å²) in [6.07, 6.45) is 1.02. The average Bonchev–Trinajstić information content (AvgIpc) is 2.90. The highest BCUT2D eigenvalue weighted by atomic mass is 35.5. The van der Waals surface area contributed by atoms with Crippen LogP contribution >= 0.6 is 23.2 Å². The molecule has 0 aromatic heterocycles. The smallest absolute Gasteiger partial charge is 0.244 e. The van der Waals surface area contributed by atoms with E-state index in [9.17, 15) is 18.0 Å². The van der Waals surface area contributed by atoms with Crippen molar-refractivity contribution in [1.29, 1.82) is 0 Å². The summed E-state index contributed by atoms with van der Waals surface area (Å²) in [5.41, 5.74) is 0.722. The molecule has 1 unspecified atom stereocenters. The maximum atomic E-state index is 13.7. The Bertz CT molecular complexity index is 1400. The van der Waals surface area contributed by atoms with E-state index in [1.54, 1.807) is 61.5 Å². The van der Waals surface area contributed by atoms with Crippen LogP contribution in [0.25, 0.3) is 0 Å². The molecule has 3 aromatic carbocycles. The van der Waals surface area contributed by atoms with Crippen molar-refractivity contribution in [2.75, 3.05) is 23.7 Å². The molecule has 8 nitrogen and oxygen atoms in total. The summed E-state index contributed by atoms with van der Waals surface area (Å²) in [6.45, 7) is 5.29. The second-order valence-electron chi connectivity index (χ2n) is 9.72. The first-order valence-corrected chi connectivity index (χ1v) is 15.3. The molecule has 0 radical (unpaired) electrons. The minimum absolute atomic E-state index is 0.0882. The van der Waals surface area contributed by atoms with Crippen LogP contribution in [0.3, 0.4) is 0 Å². The molecule has 0 aliphatic heterocycles. The van der Waals surface area contributed by atoms with E-state index in [4.69, 9.17) is 27.9 Å². The van der Waals surface area contributed by atoms with Gasteiger partial charge in [0, 0.05) is 28.7 Å². The summed E-state index contributed by atoms with van der Waals surface area (Å²) in [4.78, 5) is 28.0. The number of nitrogens with zero attached hydrogens (tertiary/aromatic N) is 2. The molecule has 2 amide bonds. The lowest BCUT2D eigenvalue weighted by Gasteiger charge is -2.32. The number of halogens is 2. The maximum absolute atomic E-state index is 13.7. The summed E-state index contributed by atoms with van der Waals surface area (Å²) in [5, 5.41) is 3.48. The van der Waals surface area contributed by atoms with Crippen LogP contribution in [0.4, 0.5) is 5.69 Å². The molecular formula is C29H33Cl2N3O5S. The third-order valence-corrected chi connectivity index (χ3v) is 7.87. The minimum atomic E-state index is -3.88. The highest BCUT2D eigenvalue weighted by Crippen LogP contribution is 2.28. The largest absolute Gasteiger partial charge is 0.457 e. The third-order valence-electron chi connectivity index (χ3n) is 6.02. The van der Waals surface area contributed by atoms with Gasteiger partial charge in [-0.2, -0.15) is 0 Å². The van der Waals surface area contributed by atoms with Crippen molar-refractivity contribution in [2.45, 2.75) is 33.4 Å². The van der Waals surface area contributed by atoms with Crippen LogP contribution in [0, 0.1) is 5.92 Å². The first kappa shape index (κ1) is 31.3. The van der Waals surface area contributed by atoms with Crippen LogP contribution < -0.4 is 14.4 Å². The van der Waals surface area contributed by atoms with E-state index in [0.29, 0.717) is 33.7 Å². The molecule has 214 valence electrons. The van der Waals surface area contributed by atoms with E-state index in [1.165, 1.54) is 4.90 Å². The number of nitrogens with one attached hydrogen (secondary N) is 1. The van der Waals surface area contributed by atoms with E-state index < -0.39 is 28.5 Å². The first-order chi connectivity index (χ1) is 18.9. The zero-order valence-electron chi connectivity index (χ0n) is 22.8. The molecule has 3 rings (SSSR count). The number of hydrogen-bond donors (Lipinski definition) is 1. The fourth-order valence-electron chi connectivity index (χ4n) is 3.81. The Hall–Kier alpha value is -3.27. The third kappa shape index (κ3) is 8.61. The Morgan fingerprint density at radius 1 is 0.875 bits per heavy atom. The molecule has 40 heavy (non-hydrogen) atoms. The number of sulfonamides is 1. The van der Waals surface area contributed by atoms with Crippen molar-refractivity contribution in [2.24, 2.45) is 5.92 Å². The van der Waals surface area contributed by atoms with E-state index >= 15 is 0 Å². The number of benzene rings is 3. The molecule has 11 heteroatoms. The van der Waals surface area contributed by atoms with Crippen LogP contribution in [-0.2, 0) is 26.2 Å². The van der Waals surface area contributed by atoms with Gasteiger partial charge in [-0.05, 0) is 61.4 Å². The lowest BCUT2D eigenvalue weighted by atomic mass is 10.1. The molecule has 0 saturated carbocycles. The maximum Gasteiger partial charge on any atom is 0.244 e. The van der Waals surface area contributed by atoms with Crippen molar-refractivity contribution in [3.8, 4) is 11.5 Å². The van der Waals surface area contributed by atoms with E-state index in [-0.39, 0.29) is 24.1 Å². The number of amides is 2.